The lowest BCUT2D eigenvalue weighted by atomic mass is 10.1. The number of rotatable bonds is 7. The van der Waals surface area contributed by atoms with E-state index in [1.807, 2.05) is 23.9 Å². The molecule has 0 radical (unpaired) electrons. The molecule has 0 unspecified atom stereocenters. The second-order valence-corrected chi connectivity index (χ2v) is 7.68. The third-order valence-electron chi connectivity index (χ3n) is 3.69. The van der Waals surface area contributed by atoms with E-state index in [0.29, 0.717) is 12.0 Å². The minimum Gasteiger partial charge on any atom is -0.378 e. The maximum atomic E-state index is 5.93. The number of ether oxygens (including phenoxy) is 1. The van der Waals surface area contributed by atoms with E-state index >= 15 is 0 Å². The van der Waals surface area contributed by atoms with Crippen LogP contribution in [0.15, 0.2) is 29.2 Å². The highest BCUT2D eigenvalue weighted by Gasteiger charge is 2.19. The van der Waals surface area contributed by atoms with Gasteiger partial charge in [-0.05, 0) is 43.0 Å². The molecular weight excluding hydrogens is 302 g/mol. The Bertz CT molecular complexity index is 402. The zero-order chi connectivity index (χ0) is 15.1. The maximum Gasteiger partial charge on any atom is 0.0599 e. The van der Waals surface area contributed by atoms with Gasteiger partial charge in [0.2, 0.25) is 0 Å². The quantitative estimate of drug-likeness (QED) is 0.681. The van der Waals surface area contributed by atoms with Gasteiger partial charge in [0, 0.05) is 41.9 Å². The SMILES string of the molecule is CC(C)COC1CCN(CCSc2ccc(Cl)cc2)CC1. The summed E-state index contributed by atoms with van der Waals surface area (Å²) in [6.45, 7) is 8.82. The molecule has 1 aromatic rings. The molecule has 0 aliphatic carbocycles. The monoisotopic (exact) mass is 327 g/mol. The van der Waals surface area contributed by atoms with Crippen molar-refractivity contribution in [2.75, 3.05) is 32.0 Å². The number of benzene rings is 1. The molecule has 4 heteroatoms. The number of thioether (sulfide) groups is 1. The minimum absolute atomic E-state index is 0.479. The summed E-state index contributed by atoms with van der Waals surface area (Å²) in [5.41, 5.74) is 0. The second kappa shape index (κ2) is 9.04. The van der Waals surface area contributed by atoms with E-state index in [-0.39, 0.29) is 0 Å². The average Bonchev–Trinajstić information content (AvgIpc) is 2.48. The van der Waals surface area contributed by atoms with Crippen LogP contribution in [0.25, 0.3) is 0 Å². The van der Waals surface area contributed by atoms with Crippen LogP contribution in [0.4, 0.5) is 0 Å². The van der Waals surface area contributed by atoms with Gasteiger partial charge in [-0.3, -0.25) is 0 Å². The topological polar surface area (TPSA) is 12.5 Å². The standard InChI is InChI=1S/C17H26ClNOS/c1-14(2)13-20-16-7-9-19(10-8-16)11-12-21-17-5-3-15(18)4-6-17/h3-6,14,16H,7-13H2,1-2H3. The number of likely N-dealkylation sites (tertiary alicyclic amines) is 1. The molecule has 0 amide bonds. The summed E-state index contributed by atoms with van der Waals surface area (Å²) in [5, 5.41) is 0.808. The van der Waals surface area contributed by atoms with E-state index in [9.17, 15) is 0 Å². The first kappa shape index (κ1) is 17.1. The van der Waals surface area contributed by atoms with Crippen molar-refractivity contribution in [3.05, 3.63) is 29.3 Å². The fourth-order valence-corrected chi connectivity index (χ4v) is 3.49. The zero-order valence-electron chi connectivity index (χ0n) is 13.1. The van der Waals surface area contributed by atoms with Crippen LogP contribution in [-0.2, 0) is 4.74 Å². The molecule has 0 spiro atoms. The number of hydrogen-bond donors (Lipinski definition) is 0. The molecule has 1 aliphatic rings. The summed E-state index contributed by atoms with van der Waals surface area (Å²) in [6, 6.07) is 8.11. The molecule has 2 nitrogen and oxygen atoms in total. The number of hydrogen-bond acceptors (Lipinski definition) is 3. The smallest absolute Gasteiger partial charge is 0.0599 e. The van der Waals surface area contributed by atoms with Gasteiger partial charge in [-0.25, -0.2) is 0 Å². The molecular formula is C17H26ClNOS. The van der Waals surface area contributed by atoms with Gasteiger partial charge < -0.3 is 9.64 Å². The fraction of sp³-hybridized carbons (Fsp3) is 0.647. The van der Waals surface area contributed by atoms with Crippen molar-refractivity contribution < 1.29 is 4.74 Å². The largest absolute Gasteiger partial charge is 0.378 e. The molecule has 1 fully saturated rings. The lowest BCUT2D eigenvalue weighted by Gasteiger charge is -2.32. The molecule has 118 valence electrons. The first-order valence-electron chi connectivity index (χ1n) is 7.86. The normalized spacial score (nSPS) is 17.5. The van der Waals surface area contributed by atoms with Crippen molar-refractivity contribution in [2.45, 2.75) is 37.7 Å². The first-order valence-corrected chi connectivity index (χ1v) is 9.22. The lowest BCUT2D eigenvalue weighted by molar-refractivity contribution is -0.00330. The zero-order valence-corrected chi connectivity index (χ0v) is 14.6. The van der Waals surface area contributed by atoms with Crippen molar-refractivity contribution in [3.63, 3.8) is 0 Å². The van der Waals surface area contributed by atoms with Crippen LogP contribution in [0, 0.1) is 5.92 Å². The Morgan fingerprint density at radius 3 is 2.52 bits per heavy atom. The van der Waals surface area contributed by atoms with Gasteiger partial charge in [-0.15, -0.1) is 11.8 Å². The number of halogens is 1. The third kappa shape index (κ3) is 6.60. The summed E-state index contributed by atoms with van der Waals surface area (Å²) in [6.07, 6.45) is 2.84. The van der Waals surface area contributed by atoms with Crippen molar-refractivity contribution in [1.29, 1.82) is 0 Å². The molecule has 1 aromatic carbocycles. The van der Waals surface area contributed by atoms with Gasteiger partial charge in [0.15, 0.2) is 0 Å². The highest BCUT2D eigenvalue weighted by molar-refractivity contribution is 7.99. The predicted molar refractivity (Wildman–Crippen MR) is 92.4 cm³/mol. The van der Waals surface area contributed by atoms with E-state index in [2.05, 4.69) is 30.9 Å². The summed E-state index contributed by atoms with van der Waals surface area (Å²) < 4.78 is 5.93. The van der Waals surface area contributed by atoms with Crippen LogP contribution < -0.4 is 0 Å². The molecule has 0 atom stereocenters. The highest BCUT2D eigenvalue weighted by Crippen LogP contribution is 2.21. The van der Waals surface area contributed by atoms with Gasteiger partial charge >= 0.3 is 0 Å². The Balaban J connectivity index is 1.59. The number of nitrogens with zero attached hydrogens (tertiary/aromatic N) is 1. The third-order valence-corrected chi connectivity index (χ3v) is 4.93. The van der Waals surface area contributed by atoms with Crippen molar-refractivity contribution in [1.82, 2.24) is 4.90 Å². The van der Waals surface area contributed by atoms with Crippen molar-refractivity contribution in [3.8, 4) is 0 Å². The summed E-state index contributed by atoms with van der Waals surface area (Å²) in [4.78, 5) is 3.85. The van der Waals surface area contributed by atoms with E-state index in [4.69, 9.17) is 16.3 Å². The summed E-state index contributed by atoms with van der Waals surface area (Å²) in [7, 11) is 0. The summed E-state index contributed by atoms with van der Waals surface area (Å²) >= 11 is 7.80. The van der Waals surface area contributed by atoms with Crippen LogP contribution in [0.2, 0.25) is 5.02 Å². The van der Waals surface area contributed by atoms with Gasteiger partial charge in [0.1, 0.15) is 0 Å². The molecule has 0 bridgehead atoms. The Kier molecular flexibility index (Phi) is 7.38. The van der Waals surface area contributed by atoms with Crippen molar-refractivity contribution in [2.24, 2.45) is 5.92 Å². The van der Waals surface area contributed by atoms with Gasteiger partial charge in [0.25, 0.3) is 0 Å². The van der Waals surface area contributed by atoms with Gasteiger partial charge in [-0.1, -0.05) is 25.4 Å². The molecule has 0 N–H and O–H groups in total. The number of piperidine rings is 1. The Morgan fingerprint density at radius 2 is 1.90 bits per heavy atom. The Hall–Kier alpha value is -0.220. The van der Waals surface area contributed by atoms with Gasteiger partial charge in [-0.2, -0.15) is 0 Å². The summed E-state index contributed by atoms with van der Waals surface area (Å²) in [5.74, 6) is 1.78. The fourth-order valence-electron chi connectivity index (χ4n) is 2.45. The maximum absolute atomic E-state index is 5.93. The van der Waals surface area contributed by atoms with Crippen LogP contribution in [0.5, 0.6) is 0 Å². The molecule has 21 heavy (non-hydrogen) atoms. The second-order valence-electron chi connectivity index (χ2n) is 6.07. The molecule has 1 saturated heterocycles. The average molecular weight is 328 g/mol. The molecule has 0 saturated carbocycles. The molecule has 1 heterocycles. The van der Waals surface area contributed by atoms with E-state index < -0.39 is 0 Å². The minimum atomic E-state index is 0.479. The van der Waals surface area contributed by atoms with Crippen molar-refractivity contribution >= 4 is 23.4 Å². The molecule has 0 aromatic heterocycles. The highest BCUT2D eigenvalue weighted by atomic mass is 35.5. The lowest BCUT2D eigenvalue weighted by Crippen LogP contribution is -2.38. The molecule has 2 rings (SSSR count). The van der Waals surface area contributed by atoms with Crippen LogP contribution in [0.3, 0.4) is 0 Å². The van der Waals surface area contributed by atoms with E-state index in [0.717, 1.165) is 23.9 Å². The van der Waals surface area contributed by atoms with Crippen LogP contribution in [-0.4, -0.2) is 43.0 Å². The molecule has 1 aliphatic heterocycles. The van der Waals surface area contributed by atoms with E-state index in [1.54, 1.807) is 0 Å². The Morgan fingerprint density at radius 1 is 1.24 bits per heavy atom. The van der Waals surface area contributed by atoms with Gasteiger partial charge in [0.05, 0.1) is 6.10 Å². The van der Waals surface area contributed by atoms with E-state index in [1.165, 1.54) is 30.8 Å². The van der Waals surface area contributed by atoms with Crippen LogP contribution >= 0.6 is 23.4 Å². The predicted octanol–water partition coefficient (Wildman–Crippen LogP) is 4.57. The first-order chi connectivity index (χ1) is 10.1. The van der Waals surface area contributed by atoms with Crippen LogP contribution in [0.1, 0.15) is 26.7 Å². The Labute approximate surface area is 138 Å².